The summed E-state index contributed by atoms with van der Waals surface area (Å²) < 4.78 is 5.44. The second kappa shape index (κ2) is 7.98. The predicted molar refractivity (Wildman–Crippen MR) is 93.4 cm³/mol. The van der Waals surface area contributed by atoms with Gasteiger partial charge in [-0.3, -0.25) is 4.79 Å². The van der Waals surface area contributed by atoms with Crippen LogP contribution in [0.3, 0.4) is 0 Å². The van der Waals surface area contributed by atoms with Crippen molar-refractivity contribution in [3.8, 4) is 5.75 Å². The molecule has 0 unspecified atom stereocenters. The molecule has 2 rings (SSSR count). The lowest BCUT2D eigenvalue weighted by Crippen LogP contribution is -2.18. The van der Waals surface area contributed by atoms with Crippen molar-refractivity contribution in [3.05, 3.63) is 59.7 Å². The molecule has 0 fully saturated rings. The lowest BCUT2D eigenvalue weighted by molar-refractivity contribution is 0.0951. The van der Waals surface area contributed by atoms with Crippen molar-refractivity contribution in [2.75, 3.05) is 25.6 Å². The molecule has 1 amide bonds. The highest BCUT2D eigenvalue weighted by Gasteiger charge is 2.10. The molecule has 5 heteroatoms. The van der Waals surface area contributed by atoms with Gasteiger partial charge in [-0.25, -0.2) is 5.43 Å². The summed E-state index contributed by atoms with van der Waals surface area (Å²) in [5, 5.41) is 4.00. The summed E-state index contributed by atoms with van der Waals surface area (Å²) in [6, 6.07) is 15.0. The summed E-state index contributed by atoms with van der Waals surface area (Å²) in [6.45, 7) is 2.38. The highest BCUT2D eigenvalue weighted by Crippen LogP contribution is 2.17. The average Bonchev–Trinajstić information content (AvgIpc) is 2.56. The van der Waals surface area contributed by atoms with Gasteiger partial charge < -0.3 is 9.64 Å². The van der Waals surface area contributed by atoms with Crippen LogP contribution >= 0.6 is 0 Å². The summed E-state index contributed by atoms with van der Waals surface area (Å²) in [5.41, 5.74) is 5.01. The lowest BCUT2D eigenvalue weighted by Gasteiger charge is -2.11. The molecule has 2 aromatic carbocycles. The van der Waals surface area contributed by atoms with Crippen molar-refractivity contribution in [3.63, 3.8) is 0 Å². The Bertz CT molecular complexity index is 679. The Morgan fingerprint density at radius 1 is 1.17 bits per heavy atom. The van der Waals surface area contributed by atoms with Crippen LogP contribution in [0.25, 0.3) is 0 Å². The van der Waals surface area contributed by atoms with Crippen molar-refractivity contribution in [2.24, 2.45) is 5.10 Å². The highest BCUT2D eigenvalue weighted by molar-refractivity contribution is 5.97. The van der Waals surface area contributed by atoms with Gasteiger partial charge >= 0.3 is 0 Å². The number of para-hydroxylation sites is 1. The van der Waals surface area contributed by atoms with Crippen molar-refractivity contribution < 1.29 is 9.53 Å². The molecule has 0 aliphatic rings. The number of nitrogens with zero attached hydrogens (tertiary/aromatic N) is 2. The zero-order valence-electron chi connectivity index (χ0n) is 13.6. The molecule has 0 spiro atoms. The second-order valence-electron chi connectivity index (χ2n) is 5.11. The van der Waals surface area contributed by atoms with Crippen LogP contribution in [0.2, 0.25) is 0 Å². The van der Waals surface area contributed by atoms with Crippen LogP contribution in [0, 0.1) is 0 Å². The number of anilines is 1. The largest absolute Gasteiger partial charge is 0.493 e. The van der Waals surface area contributed by atoms with Gasteiger partial charge in [0.2, 0.25) is 0 Å². The third-order valence-corrected chi connectivity index (χ3v) is 3.22. The van der Waals surface area contributed by atoms with Crippen LogP contribution in [0.15, 0.2) is 53.6 Å². The Morgan fingerprint density at radius 3 is 2.52 bits per heavy atom. The molecular weight excluding hydrogens is 290 g/mol. The molecule has 2 aromatic rings. The molecule has 5 nitrogen and oxygen atoms in total. The fourth-order valence-electron chi connectivity index (χ4n) is 2.02. The minimum atomic E-state index is -0.296. The van der Waals surface area contributed by atoms with E-state index in [-0.39, 0.29) is 5.91 Å². The number of hydrazone groups is 1. The minimum Gasteiger partial charge on any atom is -0.493 e. The summed E-state index contributed by atoms with van der Waals surface area (Å²) >= 11 is 0. The van der Waals surface area contributed by atoms with E-state index >= 15 is 0 Å². The molecular formula is C18H21N3O2. The molecule has 0 saturated carbocycles. The summed E-state index contributed by atoms with van der Waals surface area (Å²) in [6.07, 6.45) is 1.61. The molecule has 23 heavy (non-hydrogen) atoms. The Kier molecular flexibility index (Phi) is 5.74. The standard InChI is InChI=1S/C18H21N3O2/c1-4-23-17-8-6-5-7-16(17)18(22)20-19-13-14-9-11-15(12-10-14)21(2)3/h5-13H,4H2,1-3H3,(H,20,22). The first kappa shape index (κ1) is 16.5. The smallest absolute Gasteiger partial charge is 0.275 e. The fourth-order valence-corrected chi connectivity index (χ4v) is 2.02. The number of carbonyl (C=O) groups excluding carboxylic acids is 1. The van der Waals surface area contributed by atoms with Gasteiger partial charge in [0, 0.05) is 19.8 Å². The number of nitrogens with one attached hydrogen (secondary N) is 1. The van der Waals surface area contributed by atoms with Crippen LogP contribution in [0.4, 0.5) is 5.69 Å². The third kappa shape index (κ3) is 4.57. The number of rotatable bonds is 6. The molecule has 0 atom stereocenters. The number of hydrogen-bond donors (Lipinski definition) is 1. The quantitative estimate of drug-likeness (QED) is 0.659. The van der Waals surface area contributed by atoms with E-state index in [4.69, 9.17) is 4.74 Å². The number of hydrogen-bond acceptors (Lipinski definition) is 4. The van der Waals surface area contributed by atoms with E-state index < -0.39 is 0 Å². The zero-order valence-corrected chi connectivity index (χ0v) is 13.6. The van der Waals surface area contributed by atoms with E-state index in [2.05, 4.69) is 10.5 Å². The fraction of sp³-hybridized carbons (Fsp3) is 0.222. The monoisotopic (exact) mass is 311 g/mol. The average molecular weight is 311 g/mol. The van der Waals surface area contributed by atoms with Crippen LogP contribution < -0.4 is 15.1 Å². The highest BCUT2D eigenvalue weighted by atomic mass is 16.5. The molecule has 0 aromatic heterocycles. The van der Waals surface area contributed by atoms with Crippen LogP contribution in [0.1, 0.15) is 22.8 Å². The molecule has 0 bridgehead atoms. The van der Waals surface area contributed by atoms with Crippen molar-refractivity contribution >= 4 is 17.8 Å². The third-order valence-electron chi connectivity index (χ3n) is 3.22. The molecule has 0 heterocycles. The van der Waals surface area contributed by atoms with Gasteiger partial charge in [-0.1, -0.05) is 24.3 Å². The van der Waals surface area contributed by atoms with Gasteiger partial charge in [0.25, 0.3) is 5.91 Å². The topological polar surface area (TPSA) is 53.9 Å². The first-order valence-electron chi connectivity index (χ1n) is 7.44. The number of amides is 1. The Balaban J connectivity index is 2.01. The van der Waals surface area contributed by atoms with E-state index in [1.807, 2.05) is 56.3 Å². The predicted octanol–water partition coefficient (Wildman–Crippen LogP) is 2.92. The van der Waals surface area contributed by atoms with Crippen LogP contribution in [-0.2, 0) is 0 Å². The summed E-state index contributed by atoms with van der Waals surface area (Å²) in [7, 11) is 3.97. The van der Waals surface area contributed by atoms with Gasteiger partial charge in [-0.15, -0.1) is 0 Å². The summed E-state index contributed by atoms with van der Waals surface area (Å²) in [4.78, 5) is 14.2. The van der Waals surface area contributed by atoms with E-state index in [1.165, 1.54) is 0 Å². The van der Waals surface area contributed by atoms with Gasteiger partial charge in [0.1, 0.15) is 5.75 Å². The Hall–Kier alpha value is -2.82. The molecule has 0 saturated heterocycles. The van der Waals surface area contributed by atoms with Gasteiger partial charge in [-0.2, -0.15) is 5.10 Å². The Morgan fingerprint density at radius 2 is 1.87 bits per heavy atom. The first-order chi connectivity index (χ1) is 11.1. The van der Waals surface area contributed by atoms with Gasteiger partial charge in [0.05, 0.1) is 18.4 Å². The number of carbonyl (C=O) groups is 1. The van der Waals surface area contributed by atoms with E-state index in [0.29, 0.717) is 17.9 Å². The number of benzene rings is 2. The maximum atomic E-state index is 12.2. The zero-order chi connectivity index (χ0) is 16.7. The SMILES string of the molecule is CCOc1ccccc1C(=O)NN=Cc1ccc(N(C)C)cc1. The minimum absolute atomic E-state index is 0.296. The van der Waals surface area contributed by atoms with Gasteiger partial charge in [0.15, 0.2) is 0 Å². The van der Waals surface area contributed by atoms with E-state index in [0.717, 1.165) is 11.3 Å². The molecule has 0 radical (unpaired) electrons. The maximum Gasteiger partial charge on any atom is 0.275 e. The van der Waals surface area contributed by atoms with Crippen molar-refractivity contribution in [2.45, 2.75) is 6.92 Å². The van der Waals surface area contributed by atoms with E-state index in [1.54, 1.807) is 24.4 Å². The molecule has 120 valence electrons. The first-order valence-corrected chi connectivity index (χ1v) is 7.44. The van der Waals surface area contributed by atoms with E-state index in [9.17, 15) is 4.79 Å². The second-order valence-corrected chi connectivity index (χ2v) is 5.11. The molecule has 1 N–H and O–H groups in total. The van der Waals surface area contributed by atoms with Crippen LogP contribution in [0.5, 0.6) is 5.75 Å². The lowest BCUT2D eigenvalue weighted by atomic mass is 10.2. The molecule has 0 aliphatic carbocycles. The van der Waals surface area contributed by atoms with Crippen molar-refractivity contribution in [1.82, 2.24) is 5.43 Å². The van der Waals surface area contributed by atoms with Crippen molar-refractivity contribution in [1.29, 1.82) is 0 Å². The maximum absolute atomic E-state index is 12.2. The Labute approximate surface area is 136 Å². The van der Waals surface area contributed by atoms with Crippen LogP contribution in [-0.4, -0.2) is 32.8 Å². The normalized spacial score (nSPS) is 10.6. The van der Waals surface area contributed by atoms with Gasteiger partial charge in [-0.05, 0) is 36.8 Å². The molecule has 0 aliphatic heterocycles. The number of ether oxygens (including phenoxy) is 1. The summed E-state index contributed by atoms with van der Waals surface area (Å²) in [5.74, 6) is 0.258.